The number of nitrogens with one attached hydrogen (secondary N) is 1. The lowest BCUT2D eigenvalue weighted by atomic mass is 10.0. The second-order valence-electron chi connectivity index (χ2n) is 7.07. The molecule has 2 heterocycles. The number of anilines is 1. The van der Waals surface area contributed by atoms with Crippen LogP contribution in [0.1, 0.15) is 24.2 Å². The number of hydrogen-bond acceptors (Lipinski definition) is 7. The van der Waals surface area contributed by atoms with Gasteiger partial charge in [-0.15, -0.1) is 11.3 Å². The molecule has 0 bridgehead atoms. The topological polar surface area (TPSA) is 77.1 Å². The number of thiophene rings is 1. The van der Waals surface area contributed by atoms with E-state index in [4.69, 9.17) is 14.2 Å². The van der Waals surface area contributed by atoms with Crippen LogP contribution in [0, 0.1) is 0 Å². The fourth-order valence-corrected chi connectivity index (χ4v) is 4.49. The molecule has 0 saturated carbocycles. The molecule has 1 N–H and O–H groups in total. The first-order valence-corrected chi connectivity index (χ1v) is 10.3. The molecule has 0 aliphatic carbocycles. The second kappa shape index (κ2) is 9.39. The number of hydrogen-bond donors (Lipinski definition) is 1. The van der Waals surface area contributed by atoms with Gasteiger partial charge in [0.25, 0.3) is 0 Å². The summed E-state index contributed by atoms with van der Waals surface area (Å²) in [5.74, 6) is 0.0756. The molecular formula is C21H26N2O5S. The smallest absolute Gasteiger partial charge is 0.341 e. The Morgan fingerprint density at radius 2 is 1.83 bits per heavy atom. The Bertz CT molecular complexity index is 854. The first kappa shape index (κ1) is 21.3. The zero-order valence-corrected chi connectivity index (χ0v) is 17.9. The van der Waals surface area contributed by atoms with Crippen molar-refractivity contribution in [1.29, 1.82) is 0 Å². The molecule has 0 unspecified atom stereocenters. The average molecular weight is 419 g/mol. The molecule has 2 atom stereocenters. The maximum atomic E-state index is 12.6. The molecule has 1 aliphatic rings. The SMILES string of the molecule is COC(=O)c1c(-c2ccc(OC)cc2)csc1NC(=O)CN1C[C@@H](C)O[C@@H](C)C1. The summed E-state index contributed by atoms with van der Waals surface area (Å²) in [4.78, 5) is 27.1. The number of benzene rings is 1. The summed E-state index contributed by atoms with van der Waals surface area (Å²) in [5, 5.41) is 5.22. The van der Waals surface area contributed by atoms with Crippen LogP contribution in [0.5, 0.6) is 5.75 Å². The standard InChI is InChI=1S/C21H26N2O5S/c1-13-9-23(10-14(2)28-13)11-18(24)22-20-19(21(25)27-4)17(12-29-20)15-5-7-16(26-3)8-6-15/h5-8,12-14H,9-11H2,1-4H3,(H,22,24)/t13-,14+. The van der Waals surface area contributed by atoms with Gasteiger partial charge in [-0.1, -0.05) is 12.1 Å². The predicted molar refractivity (Wildman–Crippen MR) is 113 cm³/mol. The van der Waals surface area contributed by atoms with Gasteiger partial charge in [-0.2, -0.15) is 0 Å². The molecule has 1 amide bonds. The van der Waals surface area contributed by atoms with Crippen molar-refractivity contribution in [3.05, 3.63) is 35.2 Å². The van der Waals surface area contributed by atoms with Crippen molar-refractivity contribution in [3.8, 4) is 16.9 Å². The third-order valence-corrected chi connectivity index (χ3v) is 5.59. The summed E-state index contributed by atoms with van der Waals surface area (Å²) < 4.78 is 15.9. The number of nitrogens with zero attached hydrogens (tertiary/aromatic N) is 1. The molecule has 1 saturated heterocycles. The van der Waals surface area contributed by atoms with Crippen LogP contribution < -0.4 is 10.1 Å². The normalized spacial score (nSPS) is 19.6. The Labute approximate surface area is 174 Å². The van der Waals surface area contributed by atoms with E-state index in [0.717, 1.165) is 11.3 Å². The molecule has 156 valence electrons. The Morgan fingerprint density at radius 1 is 1.17 bits per heavy atom. The van der Waals surface area contributed by atoms with Gasteiger partial charge in [0, 0.05) is 24.0 Å². The van der Waals surface area contributed by atoms with E-state index in [9.17, 15) is 9.59 Å². The van der Waals surface area contributed by atoms with E-state index in [2.05, 4.69) is 10.2 Å². The van der Waals surface area contributed by atoms with E-state index in [1.165, 1.54) is 18.4 Å². The largest absolute Gasteiger partial charge is 0.497 e. The summed E-state index contributed by atoms with van der Waals surface area (Å²) in [7, 11) is 2.93. The van der Waals surface area contributed by atoms with E-state index >= 15 is 0 Å². The van der Waals surface area contributed by atoms with Crippen molar-refractivity contribution in [3.63, 3.8) is 0 Å². The fourth-order valence-electron chi connectivity index (χ4n) is 3.52. The zero-order chi connectivity index (χ0) is 21.0. The lowest BCUT2D eigenvalue weighted by Gasteiger charge is -2.34. The van der Waals surface area contributed by atoms with Crippen LogP contribution in [0.3, 0.4) is 0 Å². The minimum absolute atomic E-state index is 0.0839. The van der Waals surface area contributed by atoms with Crippen LogP contribution >= 0.6 is 11.3 Å². The number of morpholine rings is 1. The van der Waals surface area contributed by atoms with Crippen molar-refractivity contribution < 1.29 is 23.8 Å². The minimum atomic E-state index is -0.485. The van der Waals surface area contributed by atoms with E-state index in [1.807, 2.05) is 43.5 Å². The van der Waals surface area contributed by atoms with Crippen LogP contribution in [-0.2, 0) is 14.3 Å². The number of rotatable bonds is 6. The van der Waals surface area contributed by atoms with Crippen LogP contribution in [0.4, 0.5) is 5.00 Å². The highest BCUT2D eigenvalue weighted by Gasteiger charge is 2.26. The maximum absolute atomic E-state index is 12.6. The zero-order valence-electron chi connectivity index (χ0n) is 17.1. The highest BCUT2D eigenvalue weighted by molar-refractivity contribution is 7.15. The van der Waals surface area contributed by atoms with Gasteiger partial charge >= 0.3 is 5.97 Å². The van der Waals surface area contributed by atoms with Gasteiger partial charge in [0.05, 0.1) is 33.0 Å². The Morgan fingerprint density at radius 3 is 2.41 bits per heavy atom. The Hall–Kier alpha value is -2.42. The molecule has 2 aromatic rings. The summed E-state index contributed by atoms with van der Waals surface area (Å²) in [6.07, 6.45) is 0.168. The highest BCUT2D eigenvalue weighted by atomic mass is 32.1. The van der Waals surface area contributed by atoms with Crippen LogP contribution in [0.2, 0.25) is 0 Å². The minimum Gasteiger partial charge on any atom is -0.497 e. The third kappa shape index (κ3) is 5.14. The fraction of sp³-hybridized carbons (Fsp3) is 0.429. The van der Waals surface area contributed by atoms with Gasteiger partial charge in [0.15, 0.2) is 0 Å². The molecule has 1 aromatic heterocycles. The second-order valence-corrected chi connectivity index (χ2v) is 7.95. The predicted octanol–water partition coefficient (Wildman–Crippen LogP) is 3.26. The third-order valence-electron chi connectivity index (χ3n) is 4.70. The lowest BCUT2D eigenvalue weighted by molar-refractivity contribution is -0.121. The van der Waals surface area contributed by atoms with E-state index in [0.29, 0.717) is 29.2 Å². The first-order chi connectivity index (χ1) is 13.9. The van der Waals surface area contributed by atoms with Gasteiger partial charge < -0.3 is 19.5 Å². The van der Waals surface area contributed by atoms with Gasteiger partial charge in [0.1, 0.15) is 16.3 Å². The van der Waals surface area contributed by atoms with Crippen molar-refractivity contribution in [2.24, 2.45) is 0 Å². The number of carbonyl (C=O) groups is 2. The summed E-state index contributed by atoms with van der Waals surface area (Å²) in [6, 6.07) is 7.39. The van der Waals surface area contributed by atoms with E-state index in [-0.39, 0.29) is 24.7 Å². The van der Waals surface area contributed by atoms with E-state index in [1.54, 1.807) is 7.11 Å². The summed E-state index contributed by atoms with van der Waals surface area (Å²) >= 11 is 1.31. The molecule has 7 nitrogen and oxygen atoms in total. The number of esters is 1. The average Bonchev–Trinajstić information content (AvgIpc) is 3.09. The van der Waals surface area contributed by atoms with Crippen LogP contribution in [-0.4, -0.2) is 62.8 Å². The van der Waals surface area contributed by atoms with Crippen molar-refractivity contribution in [2.75, 3.05) is 39.2 Å². The molecule has 1 fully saturated rings. The molecule has 3 rings (SSSR count). The van der Waals surface area contributed by atoms with Gasteiger partial charge in [-0.25, -0.2) is 4.79 Å². The Balaban J connectivity index is 1.79. The monoisotopic (exact) mass is 418 g/mol. The summed E-state index contributed by atoms with van der Waals surface area (Å²) in [6.45, 7) is 5.63. The van der Waals surface area contributed by atoms with Crippen LogP contribution in [0.25, 0.3) is 11.1 Å². The Kier molecular flexibility index (Phi) is 6.89. The van der Waals surface area contributed by atoms with Gasteiger partial charge in [-0.05, 0) is 31.5 Å². The molecular weight excluding hydrogens is 392 g/mol. The number of carbonyl (C=O) groups excluding carboxylic acids is 2. The van der Waals surface area contributed by atoms with Gasteiger partial charge in [-0.3, -0.25) is 9.69 Å². The van der Waals surface area contributed by atoms with Crippen molar-refractivity contribution in [2.45, 2.75) is 26.1 Å². The number of methoxy groups -OCH3 is 2. The molecule has 29 heavy (non-hydrogen) atoms. The molecule has 1 aliphatic heterocycles. The molecule has 0 radical (unpaired) electrons. The highest BCUT2D eigenvalue weighted by Crippen LogP contribution is 2.36. The first-order valence-electron chi connectivity index (χ1n) is 9.43. The quantitative estimate of drug-likeness (QED) is 0.726. The maximum Gasteiger partial charge on any atom is 0.341 e. The molecule has 1 aromatic carbocycles. The summed E-state index contributed by atoms with van der Waals surface area (Å²) in [5.41, 5.74) is 1.92. The lowest BCUT2D eigenvalue weighted by Crippen LogP contribution is -2.48. The van der Waals surface area contributed by atoms with Crippen molar-refractivity contribution >= 4 is 28.2 Å². The van der Waals surface area contributed by atoms with Gasteiger partial charge in [0.2, 0.25) is 5.91 Å². The van der Waals surface area contributed by atoms with E-state index < -0.39 is 5.97 Å². The number of amides is 1. The van der Waals surface area contributed by atoms with Crippen molar-refractivity contribution in [1.82, 2.24) is 4.90 Å². The molecule has 8 heteroatoms. The molecule has 0 spiro atoms. The van der Waals surface area contributed by atoms with Crippen LogP contribution in [0.15, 0.2) is 29.6 Å². The number of ether oxygens (including phenoxy) is 3.